The number of nitro benzene ring substituents is 1. The van der Waals surface area contributed by atoms with Crippen LogP contribution in [0.4, 0.5) is 5.69 Å². The van der Waals surface area contributed by atoms with Gasteiger partial charge in [0.2, 0.25) is 0 Å². The Morgan fingerprint density at radius 2 is 2.16 bits per heavy atom. The molecule has 0 aliphatic rings. The van der Waals surface area contributed by atoms with E-state index in [1.807, 2.05) is 0 Å². The second kappa shape index (κ2) is 6.72. The first kappa shape index (κ1) is 14.9. The van der Waals surface area contributed by atoms with Crippen molar-refractivity contribution in [3.8, 4) is 5.75 Å². The Morgan fingerprint density at radius 1 is 1.47 bits per heavy atom. The Hall–Kier alpha value is -2.11. The lowest BCUT2D eigenvalue weighted by Gasteiger charge is -2.14. The zero-order chi connectivity index (χ0) is 14.4. The second-order valence-electron chi connectivity index (χ2n) is 4.17. The van der Waals surface area contributed by atoms with Crippen LogP contribution in [0.5, 0.6) is 5.75 Å². The molecule has 1 rings (SSSR count). The molecule has 0 saturated heterocycles. The van der Waals surface area contributed by atoms with E-state index in [1.54, 1.807) is 32.9 Å². The lowest BCUT2D eigenvalue weighted by molar-refractivity contribution is -0.385. The highest BCUT2D eigenvalue weighted by atomic mass is 16.6. The number of nitro groups is 1. The summed E-state index contributed by atoms with van der Waals surface area (Å²) in [4.78, 5) is 21.3. The van der Waals surface area contributed by atoms with Crippen molar-refractivity contribution < 1.29 is 19.2 Å². The smallest absolute Gasteiger partial charge is 0.305 e. The topological polar surface area (TPSA) is 78.7 Å². The predicted octanol–water partition coefficient (Wildman–Crippen LogP) is 2.62. The highest BCUT2D eigenvalue weighted by molar-refractivity contribution is 5.68. The zero-order valence-corrected chi connectivity index (χ0v) is 11.2. The summed E-state index contributed by atoms with van der Waals surface area (Å²) in [6.07, 6.45) is -0.0549. The summed E-state index contributed by atoms with van der Waals surface area (Å²) in [5.74, 6) is 0.0858. The number of hydrogen-bond donors (Lipinski definition) is 0. The van der Waals surface area contributed by atoms with Gasteiger partial charge >= 0.3 is 5.97 Å². The zero-order valence-electron chi connectivity index (χ0n) is 11.2. The molecule has 0 saturated carbocycles. The first-order valence-corrected chi connectivity index (χ1v) is 6.01. The van der Waals surface area contributed by atoms with Crippen molar-refractivity contribution in [1.29, 1.82) is 0 Å². The van der Waals surface area contributed by atoms with Gasteiger partial charge in [0, 0.05) is 12.0 Å². The lowest BCUT2D eigenvalue weighted by atomic mass is 10.2. The molecule has 19 heavy (non-hydrogen) atoms. The number of rotatable bonds is 6. The molecule has 1 aromatic carbocycles. The molecular weight excluding hydrogens is 250 g/mol. The van der Waals surface area contributed by atoms with E-state index >= 15 is 0 Å². The lowest BCUT2D eigenvalue weighted by Crippen LogP contribution is -2.21. The summed E-state index contributed by atoms with van der Waals surface area (Å²) in [5.41, 5.74) is 0.581. The van der Waals surface area contributed by atoms with Gasteiger partial charge in [-0.1, -0.05) is 6.92 Å². The van der Waals surface area contributed by atoms with Crippen LogP contribution in [-0.2, 0) is 9.53 Å². The maximum atomic E-state index is 11.0. The van der Waals surface area contributed by atoms with Gasteiger partial charge in [-0.2, -0.15) is 0 Å². The summed E-state index contributed by atoms with van der Waals surface area (Å²) in [6.45, 7) is 5.22. The molecule has 0 amide bonds. The summed E-state index contributed by atoms with van der Waals surface area (Å²) in [6, 6.07) is 4.65. The first-order chi connectivity index (χ1) is 8.93. The van der Waals surface area contributed by atoms with Crippen LogP contribution in [0.3, 0.4) is 0 Å². The van der Waals surface area contributed by atoms with Crippen LogP contribution in [-0.4, -0.2) is 23.6 Å². The van der Waals surface area contributed by atoms with Crippen LogP contribution in [0.15, 0.2) is 18.2 Å². The van der Waals surface area contributed by atoms with Crippen molar-refractivity contribution in [2.24, 2.45) is 0 Å². The molecule has 0 heterocycles. The summed E-state index contributed by atoms with van der Waals surface area (Å²) >= 11 is 0. The van der Waals surface area contributed by atoms with Gasteiger partial charge in [0.25, 0.3) is 5.69 Å². The highest BCUT2D eigenvalue weighted by Crippen LogP contribution is 2.24. The van der Waals surface area contributed by atoms with Crippen LogP contribution >= 0.6 is 0 Å². The Bertz CT molecular complexity index is 472. The molecule has 104 valence electrons. The number of nitrogens with zero attached hydrogens (tertiary/aromatic N) is 1. The van der Waals surface area contributed by atoms with E-state index in [9.17, 15) is 14.9 Å². The van der Waals surface area contributed by atoms with E-state index in [4.69, 9.17) is 9.47 Å². The molecule has 0 aliphatic carbocycles. The number of carbonyl (C=O) groups is 1. The minimum Gasteiger partial charge on any atom is -0.487 e. The van der Waals surface area contributed by atoms with Gasteiger partial charge in [-0.15, -0.1) is 0 Å². The van der Waals surface area contributed by atoms with Crippen LogP contribution in [0.1, 0.15) is 25.8 Å². The van der Waals surface area contributed by atoms with Gasteiger partial charge < -0.3 is 9.47 Å². The van der Waals surface area contributed by atoms with Crippen molar-refractivity contribution in [1.82, 2.24) is 0 Å². The van der Waals surface area contributed by atoms with Crippen LogP contribution in [0.25, 0.3) is 0 Å². The van der Waals surface area contributed by atoms with E-state index in [2.05, 4.69) is 0 Å². The fourth-order valence-corrected chi connectivity index (χ4v) is 1.44. The van der Waals surface area contributed by atoms with Gasteiger partial charge in [-0.05, 0) is 26.0 Å². The summed E-state index contributed by atoms with van der Waals surface area (Å²) < 4.78 is 10.4. The maximum absolute atomic E-state index is 11.0. The second-order valence-corrected chi connectivity index (χ2v) is 4.17. The van der Waals surface area contributed by atoms with Crippen molar-refractivity contribution >= 4 is 11.7 Å². The van der Waals surface area contributed by atoms with Crippen LogP contribution < -0.4 is 4.74 Å². The van der Waals surface area contributed by atoms with Crippen LogP contribution in [0.2, 0.25) is 0 Å². The summed E-state index contributed by atoms with van der Waals surface area (Å²) in [7, 11) is 0. The third kappa shape index (κ3) is 4.57. The molecule has 0 fully saturated rings. The van der Waals surface area contributed by atoms with E-state index in [-0.39, 0.29) is 24.4 Å². The molecule has 0 spiro atoms. The summed E-state index contributed by atoms with van der Waals surface area (Å²) in [5, 5.41) is 10.8. The molecule has 0 bridgehead atoms. The SMILES string of the molecule is CCC(=O)OCC(C)Oc1ccc(C)c([N+](=O)[O-])c1. The molecule has 0 aliphatic heterocycles. The van der Waals surface area contributed by atoms with Gasteiger partial charge in [-0.3, -0.25) is 14.9 Å². The third-order valence-corrected chi connectivity index (χ3v) is 2.48. The fraction of sp³-hybridized carbons (Fsp3) is 0.462. The van der Waals surface area contributed by atoms with Gasteiger partial charge in [-0.25, -0.2) is 0 Å². The average Bonchev–Trinajstić information content (AvgIpc) is 2.37. The highest BCUT2D eigenvalue weighted by Gasteiger charge is 2.14. The molecule has 6 nitrogen and oxygen atoms in total. The molecular formula is C13H17NO5. The van der Waals surface area contributed by atoms with Gasteiger partial charge in [0.05, 0.1) is 11.0 Å². The van der Waals surface area contributed by atoms with Crippen molar-refractivity contribution in [2.45, 2.75) is 33.3 Å². The number of esters is 1. The van der Waals surface area contributed by atoms with Crippen LogP contribution in [0, 0.1) is 17.0 Å². The van der Waals surface area contributed by atoms with Crippen molar-refractivity contribution in [3.63, 3.8) is 0 Å². The Morgan fingerprint density at radius 3 is 2.74 bits per heavy atom. The minimum atomic E-state index is -0.454. The quantitative estimate of drug-likeness (QED) is 0.449. The molecule has 6 heteroatoms. The Labute approximate surface area is 111 Å². The van der Waals surface area contributed by atoms with Crippen molar-refractivity contribution in [3.05, 3.63) is 33.9 Å². The monoisotopic (exact) mass is 267 g/mol. The van der Waals surface area contributed by atoms with E-state index in [0.29, 0.717) is 17.7 Å². The average molecular weight is 267 g/mol. The minimum absolute atomic E-state index is 0.00949. The van der Waals surface area contributed by atoms with Gasteiger partial charge in [0.15, 0.2) is 0 Å². The molecule has 0 aromatic heterocycles. The maximum Gasteiger partial charge on any atom is 0.305 e. The molecule has 0 radical (unpaired) electrons. The van der Waals surface area contributed by atoms with Crippen molar-refractivity contribution in [2.75, 3.05) is 6.61 Å². The number of ether oxygens (including phenoxy) is 2. The molecule has 0 N–H and O–H groups in total. The number of carbonyl (C=O) groups excluding carboxylic acids is 1. The normalized spacial score (nSPS) is 11.7. The Kier molecular flexibility index (Phi) is 5.29. The van der Waals surface area contributed by atoms with Gasteiger partial charge in [0.1, 0.15) is 18.5 Å². The first-order valence-electron chi connectivity index (χ1n) is 6.01. The van der Waals surface area contributed by atoms with E-state index < -0.39 is 4.92 Å². The standard InChI is InChI=1S/C13H17NO5/c1-4-13(15)18-8-10(3)19-11-6-5-9(2)12(7-11)14(16)17/h5-7,10H,4,8H2,1-3H3. The third-order valence-electron chi connectivity index (χ3n) is 2.48. The molecule has 1 aromatic rings. The number of aryl methyl sites for hydroxylation is 1. The fourth-order valence-electron chi connectivity index (χ4n) is 1.44. The number of benzene rings is 1. The Balaban J connectivity index is 2.64. The predicted molar refractivity (Wildman–Crippen MR) is 69.2 cm³/mol. The number of hydrogen-bond acceptors (Lipinski definition) is 5. The largest absolute Gasteiger partial charge is 0.487 e. The molecule has 1 atom stereocenters. The molecule has 1 unspecified atom stereocenters. The van der Waals surface area contributed by atoms with E-state index in [0.717, 1.165) is 0 Å². The van der Waals surface area contributed by atoms with E-state index in [1.165, 1.54) is 6.07 Å².